The number of hydrogen-bond acceptors (Lipinski definition) is 2. The number of aliphatic imine (C=N–C) groups is 1. The molecule has 0 radical (unpaired) electrons. The summed E-state index contributed by atoms with van der Waals surface area (Å²) in [5.74, 6) is 0.680. The van der Waals surface area contributed by atoms with Gasteiger partial charge in [0.05, 0.1) is 7.11 Å². The zero-order valence-corrected chi connectivity index (χ0v) is 13.2. The van der Waals surface area contributed by atoms with E-state index in [1.54, 1.807) is 13.2 Å². The van der Waals surface area contributed by atoms with Gasteiger partial charge in [0, 0.05) is 6.21 Å². The summed E-state index contributed by atoms with van der Waals surface area (Å²) in [4.78, 5) is 4.26. The maximum atomic E-state index is 5.10. The molecule has 0 amide bonds. The highest BCUT2D eigenvalue weighted by molar-refractivity contribution is 5.80. The highest BCUT2D eigenvalue weighted by Crippen LogP contribution is 2.15. The number of ether oxygens (including phenoxy) is 1. The van der Waals surface area contributed by atoms with Crippen molar-refractivity contribution >= 4 is 6.21 Å². The molecule has 0 aromatic carbocycles. The van der Waals surface area contributed by atoms with E-state index in [9.17, 15) is 0 Å². The van der Waals surface area contributed by atoms with Crippen molar-refractivity contribution in [3.63, 3.8) is 0 Å². The third kappa shape index (κ3) is 8.30. The SMILES string of the molecule is C=C/C=C\C(=C/C)CC1=CCC=C(OC)N=C1.CCC. The summed E-state index contributed by atoms with van der Waals surface area (Å²) in [5.41, 5.74) is 2.46. The zero-order chi connectivity index (χ0) is 15.2. The molecular formula is C18H27NO. The van der Waals surface area contributed by atoms with Gasteiger partial charge in [-0.1, -0.05) is 57.2 Å². The topological polar surface area (TPSA) is 21.6 Å². The normalized spacial score (nSPS) is 14.9. The van der Waals surface area contributed by atoms with E-state index in [1.165, 1.54) is 17.6 Å². The Morgan fingerprint density at radius 3 is 2.65 bits per heavy atom. The van der Waals surface area contributed by atoms with Crippen LogP contribution in [0.4, 0.5) is 0 Å². The van der Waals surface area contributed by atoms with Crippen LogP contribution in [0.15, 0.2) is 65.1 Å². The lowest BCUT2D eigenvalue weighted by Crippen LogP contribution is -1.88. The Morgan fingerprint density at radius 2 is 2.10 bits per heavy atom. The predicted molar refractivity (Wildman–Crippen MR) is 90.0 cm³/mol. The van der Waals surface area contributed by atoms with E-state index in [1.807, 2.05) is 25.3 Å². The van der Waals surface area contributed by atoms with Gasteiger partial charge in [0.1, 0.15) is 0 Å². The highest BCUT2D eigenvalue weighted by Gasteiger charge is 2.01. The van der Waals surface area contributed by atoms with Crippen molar-refractivity contribution in [3.05, 3.63) is 60.1 Å². The largest absolute Gasteiger partial charge is 0.481 e. The van der Waals surface area contributed by atoms with Crippen LogP contribution < -0.4 is 0 Å². The third-order valence-corrected chi connectivity index (χ3v) is 2.46. The predicted octanol–water partition coefficient (Wildman–Crippen LogP) is 5.37. The van der Waals surface area contributed by atoms with Crippen molar-refractivity contribution in [2.75, 3.05) is 7.11 Å². The number of methoxy groups -OCH3 is 1. The van der Waals surface area contributed by atoms with Crippen LogP contribution in [-0.2, 0) is 4.74 Å². The molecule has 0 N–H and O–H groups in total. The molecule has 1 rings (SSSR count). The molecule has 0 aromatic heterocycles. The van der Waals surface area contributed by atoms with Gasteiger partial charge in [-0.25, -0.2) is 4.99 Å². The fraction of sp³-hybridized carbons (Fsp3) is 0.389. The summed E-state index contributed by atoms with van der Waals surface area (Å²) in [5, 5.41) is 0. The molecule has 0 aliphatic carbocycles. The molecule has 20 heavy (non-hydrogen) atoms. The Morgan fingerprint density at radius 1 is 1.40 bits per heavy atom. The monoisotopic (exact) mass is 273 g/mol. The fourth-order valence-corrected chi connectivity index (χ4v) is 1.50. The van der Waals surface area contributed by atoms with Gasteiger partial charge in [0.2, 0.25) is 5.88 Å². The Kier molecular flexibility index (Phi) is 11.1. The fourth-order valence-electron chi connectivity index (χ4n) is 1.50. The summed E-state index contributed by atoms with van der Waals surface area (Å²) >= 11 is 0. The quantitative estimate of drug-likeness (QED) is 0.617. The first kappa shape index (κ1) is 18.2. The Bertz CT molecular complexity index is 423. The van der Waals surface area contributed by atoms with Gasteiger partial charge in [-0.3, -0.25) is 0 Å². The molecule has 1 heterocycles. The summed E-state index contributed by atoms with van der Waals surface area (Å²) in [6.45, 7) is 9.96. The molecule has 0 fully saturated rings. The summed E-state index contributed by atoms with van der Waals surface area (Å²) in [6.07, 6.45) is 16.9. The van der Waals surface area contributed by atoms with E-state index in [4.69, 9.17) is 4.74 Å². The lowest BCUT2D eigenvalue weighted by Gasteiger charge is -2.01. The van der Waals surface area contributed by atoms with Crippen molar-refractivity contribution in [2.24, 2.45) is 4.99 Å². The van der Waals surface area contributed by atoms with Gasteiger partial charge in [0.25, 0.3) is 0 Å². The second-order valence-corrected chi connectivity index (χ2v) is 4.36. The maximum absolute atomic E-state index is 5.10. The molecule has 0 bridgehead atoms. The van der Waals surface area contributed by atoms with E-state index >= 15 is 0 Å². The van der Waals surface area contributed by atoms with E-state index < -0.39 is 0 Å². The molecule has 0 aromatic rings. The van der Waals surface area contributed by atoms with Crippen LogP contribution >= 0.6 is 0 Å². The van der Waals surface area contributed by atoms with E-state index in [2.05, 4.69) is 43.6 Å². The average molecular weight is 273 g/mol. The van der Waals surface area contributed by atoms with Gasteiger partial charge in [0.15, 0.2) is 0 Å². The van der Waals surface area contributed by atoms with Crippen LogP contribution in [0, 0.1) is 0 Å². The van der Waals surface area contributed by atoms with Crippen LogP contribution in [0.1, 0.15) is 40.0 Å². The minimum Gasteiger partial charge on any atom is -0.481 e. The van der Waals surface area contributed by atoms with Crippen LogP contribution in [-0.4, -0.2) is 13.3 Å². The van der Waals surface area contributed by atoms with E-state index in [0.29, 0.717) is 5.88 Å². The molecule has 0 saturated heterocycles. The lowest BCUT2D eigenvalue weighted by molar-refractivity contribution is 0.288. The van der Waals surface area contributed by atoms with Crippen molar-refractivity contribution < 1.29 is 4.74 Å². The molecule has 1 aliphatic rings. The first-order valence-electron chi connectivity index (χ1n) is 7.13. The highest BCUT2D eigenvalue weighted by atomic mass is 16.5. The maximum Gasteiger partial charge on any atom is 0.209 e. The number of nitrogens with zero attached hydrogens (tertiary/aromatic N) is 1. The summed E-state index contributed by atoms with van der Waals surface area (Å²) < 4.78 is 5.10. The van der Waals surface area contributed by atoms with Gasteiger partial charge >= 0.3 is 0 Å². The van der Waals surface area contributed by atoms with Crippen molar-refractivity contribution in [1.29, 1.82) is 0 Å². The minimum absolute atomic E-state index is 0.680. The van der Waals surface area contributed by atoms with Crippen LogP contribution in [0.25, 0.3) is 0 Å². The number of allylic oxidation sites excluding steroid dienone is 8. The van der Waals surface area contributed by atoms with Crippen LogP contribution in [0.5, 0.6) is 0 Å². The molecule has 2 heteroatoms. The average Bonchev–Trinajstić information content (AvgIpc) is 2.69. The standard InChI is InChI=1S/C15H19NO.C3H8/c1-4-6-8-13(5-2)11-14-9-7-10-15(17-3)16-12-14;1-3-2/h4-6,8-10,12H,1,7,11H2,2-3H3;3H2,1-2H3/b8-6-,13-5+;. The molecule has 1 aliphatic heterocycles. The van der Waals surface area contributed by atoms with Gasteiger partial charge < -0.3 is 4.74 Å². The smallest absolute Gasteiger partial charge is 0.209 e. The molecule has 2 nitrogen and oxygen atoms in total. The van der Waals surface area contributed by atoms with Crippen molar-refractivity contribution in [1.82, 2.24) is 0 Å². The molecule has 110 valence electrons. The summed E-state index contributed by atoms with van der Waals surface area (Å²) in [6, 6.07) is 0. The Balaban J connectivity index is 0.00000110. The number of rotatable bonds is 5. The Hall–Kier alpha value is -1.83. The van der Waals surface area contributed by atoms with E-state index in [-0.39, 0.29) is 0 Å². The summed E-state index contributed by atoms with van der Waals surface area (Å²) in [7, 11) is 1.64. The molecule has 0 saturated carbocycles. The van der Waals surface area contributed by atoms with Gasteiger partial charge in [-0.05, 0) is 37.0 Å². The third-order valence-electron chi connectivity index (χ3n) is 2.46. The molecular weight excluding hydrogens is 246 g/mol. The van der Waals surface area contributed by atoms with Crippen LogP contribution in [0.3, 0.4) is 0 Å². The Labute approximate surface area is 124 Å². The molecule has 0 spiro atoms. The second kappa shape index (κ2) is 12.2. The first-order valence-corrected chi connectivity index (χ1v) is 7.13. The number of hydrogen-bond donors (Lipinski definition) is 0. The van der Waals surface area contributed by atoms with E-state index in [0.717, 1.165) is 12.8 Å². The van der Waals surface area contributed by atoms with Crippen molar-refractivity contribution in [3.8, 4) is 0 Å². The first-order chi connectivity index (χ1) is 9.71. The lowest BCUT2D eigenvalue weighted by atomic mass is 10.0. The second-order valence-electron chi connectivity index (χ2n) is 4.36. The van der Waals surface area contributed by atoms with Gasteiger partial charge in [-0.2, -0.15) is 0 Å². The zero-order valence-electron chi connectivity index (χ0n) is 13.2. The minimum atomic E-state index is 0.680. The van der Waals surface area contributed by atoms with Crippen LogP contribution in [0.2, 0.25) is 0 Å². The molecule has 0 unspecified atom stereocenters. The molecule has 0 atom stereocenters. The van der Waals surface area contributed by atoms with Gasteiger partial charge in [-0.15, -0.1) is 0 Å². The van der Waals surface area contributed by atoms with Crippen molar-refractivity contribution in [2.45, 2.75) is 40.0 Å².